The Morgan fingerprint density at radius 1 is 1.44 bits per heavy atom. The second-order valence-electron chi connectivity index (χ2n) is 3.39. The van der Waals surface area contributed by atoms with Gasteiger partial charge >= 0.3 is 5.97 Å². The van der Waals surface area contributed by atoms with E-state index in [0.717, 1.165) is 0 Å². The summed E-state index contributed by atoms with van der Waals surface area (Å²) in [6.07, 6.45) is 1.30. The van der Waals surface area contributed by atoms with Crippen molar-refractivity contribution in [2.24, 2.45) is 5.11 Å². The fourth-order valence-electron chi connectivity index (χ4n) is 1.52. The van der Waals surface area contributed by atoms with Crippen LogP contribution in [-0.2, 0) is 9.53 Å². The van der Waals surface area contributed by atoms with E-state index < -0.39 is 5.54 Å². The summed E-state index contributed by atoms with van der Waals surface area (Å²) in [6.45, 7) is 6.83. The lowest BCUT2D eigenvalue weighted by molar-refractivity contribution is -0.151. The molecule has 0 aromatic heterocycles. The lowest BCUT2D eigenvalue weighted by Gasteiger charge is -2.30. The van der Waals surface area contributed by atoms with Crippen LogP contribution in [0.3, 0.4) is 0 Å². The Bertz CT molecular complexity index is 258. The van der Waals surface area contributed by atoms with Crippen molar-refractivity contribution in [3.63, 3.8) is 0 Å². The average molecular weight is 228 g/mol. The first kappa shape index (κ1) is 14.7. The Kier molecular flexibility index (Phi) is 7.33. The lowest BCUT2D eigenvalue weighted by atomic mass is 9.93. The molecule has 0 bridgehead atoms. The third-order valence-electron chi connectivity index (χ3n) is 2.61. The van der Waals surface area contributed by atoms with E-state index in [1.165, 1.54) is 0 Å². The number of hydrogen-bond acceptors (Lipinski definition) is 4. The minimum absolute atomic E-state index is 0.235. The molecule has 6 heteroatoms. The minimum atomic E-state index is -0.652. The van der Waals surface area contributed by atoms with Gasteiger partial charge in [-0.2, -0.15) is 0 Å². The summed E-state index contributed by atoms with van der Waals surface area (Å²) in [5.74, 6) is -0.235. The molecule has 0 saturated heterocycles. The van der Waals surface area contributed by atoms with Crippen LogP contribution in [0.15, 0.2) is 5.11 Å². The lowest BCUT2D eigenvalue weighted by Crippen LogP contribution is -2.52. The molecule has 6 nitrogen and oxygen atoms in total. The van der Waals surface area contributed by atoms with Gasteiger partial charge in [-0.15, -0.1) is 0 Å². The smallest absolute Gasteiger partial charge is 0.326 e. The van der Waals surface area contributed by atoms with Crippen molar-refractivity contribution in [2.75, 3.05) is 19.7 Å². The maximum Gasteiger partial charge on any atom is 0.326 e. The molecular weight excluding hydrogens is 208 g/mol. The molecule has 0 aliphatic rings. The average Bonchev–Trinajstić information content (AvgIpc) is 2.30. The molecule has 0 atom stereocenters. The number of rotatable bonds is 8. The van der Waals surface area contributed by atoms with Crippen LogP contribution in [-0.4, -0.2) is 31.2 Å². The standard InChI is InChI=1S/C10H20N4O2/c1-4-10(5-2,9(15)16-6-3)12-7-8-13-14-11/h12H,4-8H2,1-3H3. The number of carbonyl (C=O) groups is 1. The molecule has 92 valence electrons. The summed E-state index contributed by atoms with van der Waals surface area (Å²) in [4.78, 5) is 14.5. The van der Waals surface area contributed by atoms with Crippen molar-refractivity contribution in [2.45, 2.75) is 39.2 Å². The molecule has 0 spiro atoms. The first-order chi connectivity index (χ1) is 7.66. The molecule has 16 heavy (non-hydrogen) atoms. The molecule has 1 N–H and O–H groups in total. The molecule has 0 radical (unpaired) electrons. The zero-order valence-electron chi connectivity index (χ0n) is 10.2. The summed E-state index contributed by atoms with van der Waals surface area (Å²) in [7, 11) is 0. The highest BCUT2D eigenvalue weighted by Gasteiger charge is 2.35. The maximum absolute atomic E-state index is 11.8. The van der Waals surface area contributed by atoms with Crippen molar-refractivity contribution >= 4 is 5.97 Å². The largest absolute Gasteiger partial charge is 0.465 e. The van der Waals surface area contributed by atoms with Crippen molar-refractivity contribution in [1.29, 1.82) is 0 Å². The van der Waals surface area contributed by atoms with Crippen LogP contribution in [0, 0.1) is 0 Å². The van der Waals surface area contributed by atoms with Gasteiger partial charge in [-0.25, -0.2) is 0 Å². The van der Waals surface area contributed by atoms with Crippen LogP contribution in [0.4, 0.5) is 0 Å². The third kappa shape index (κ3) is 4.08. The normalized spacial score (nSPS) is 10.7. The molecule has 0 unspecified atom stereocenters. The van der Waals surface area contributed by atoms with Crippen molar-refractivity contribution in [3.8, 4) is 0 Å². The van der Waals surface area contributed by atoms with Crippen molar-refractivity contribution in [3.05, 3.63) is 10.4 Å². The molecule has 0 amide bonds. The summed E-state index contributed by atoms with van der Waals surface area (Å²) in [5, 5.41) is 6.53. The second-order valence-corrected chi connectivity index (χ2v) is 3.39. The van der Waals surface area contributed by atoms with E-state index in [1.54, 1.807) is 6.92 Å². The Morgan fingerprint density at radius 3 is 2.50 bits per heavy atom. The van der Waals surface area contributed by atoms with Crippen LogP contribution in [0.1, 0.15) is 33.6 Å². The third-order valence-corrected chi connectivity index (χ3v) is 2.61. The van der Waals surface area contributed by atoms with Crippen molar-refractivity contribution < 1.29 is 9.53 Å². The molecular formula is C10H20N4O2. The second kappa shape index (κ2) is 7.96. The fourth-order valence-corrected chi connectivity index (χ4v) is 1.52. The molecule has 0 fully saturated rings. The zero-order valence-corrected chi connectivity index (χ0v) is 10.2. The Hall–Kier alpha value is -1.26. The monoisotopic (exact) mass is 228 g/mol. The highest BCUT2D eigenvalue weighted by atomic mass is 16.5. The van der Waals surface area contributed by atoms with E-state index in [0.29, 0.717) is 32.5 Å². The number of nitrogens with zero attached hydrogens (tertiary/aromatic N) is 3. The number of ether oxygens (including phenoxy) is 1. The number of esters is 1. The highest BCUT2D eigenvalue weighted by Crippen LogP contribution is 2.17. The summed E-state index contributed by atoms with van der Waals surface area (Å²) >= 11 is 0. The molecule has 0 aromatic rings. The molecule has 0 heterocycles. The van der Waals surface area contributed by atoms with Gasteiger partial charge < -0.3 is 10.1 Å². The maximum atomic E-state index is 11.8. The van der Waals surface area contributed by atoms with Gasteiger partial charge in [0.1, 0.15) is 5.54 Å². The first-order valence-corrected chi connectivity index (χ1v) is 5.60. The van der Waals surface area contributed by atoms with Gasteiger partial charge in [0.15, 0.2) is 0 Å². The van der Waals surface area contributed by atoms with Crippen molar-refractivity contribution in [1.82, 2.24) is 5.32 Å². The SMILES string of the molecule is CCOC(=O)C(CC)(CC)NCCN=[N+]=[N-]. The van der Waals surface area contributed by atoms with Gasteiger partial charge in [0.2, 0.25) is 0 Å². The topological polar surface area (TPSA) is 87.1 Å². The van der Waals surface area contributed by atoms with E-state index in [9.17, 15) is 4.79 Å². The van der Waals surface area contributed by atoms with Gasteiger partial charge in [0.05, 0.1) is 6.61 Å². The van der Waals surface area contributed by atoms with E-state index in [4.69, 9.17) is 10.3 Å². The van der Waals surface area contributed by atoms with E-state index >= 15 is 0 Å². The van der Waals surface area contributed by atoms with Crippen LogP contribution in [0.25, 0.3) is 10.4 Å². The fraction of sp³-hybridized carbons (Fsp3) is 0.900. The van der Waals surface area contributed by atoms with Gasteiger partial charge in [-0.1, -0.05) is 19.0 Å². The predicted octanol–water partition coefficient (Wildman–Crippen LogP) is 2.01. The number of carbonyl (C=O) groups excluding carboxylic acids is 1. The number of hydrogen-bond donors (Lipinski definition) is 1. The first-order valence-electron chi connectivity index (χ1n) is 5.60. The van der Waals surface area contributed by atoms with E-state index in [2.05, 4.69) is 15.3 Å². The van der Waals surface area contributed by atoms with Crippen LogP contribution >= 0.6 is 0 Å². The Balaban J connectivity index is 4.42. The Labute approximate surface area is 96.0 Å². The molecule has 0 aromatic carbocycles. The van der Waals surface area contributed by atoms with Gasteiger partial charge in [0.25, 0.3) is 0 Å². The summed E-state index contributed by atoms with van der Waals surface area (Å²) in [6, 6.07) is 0. The quantitative estimate of drug-likeness (QED) is 0.226. The Morgan fingerprint density at radius 2 is 2.06 bits per heavy atom. The number of azide groups is 1. The molecule has 0 aliphatic heterocycles. The van der Waals surface area contributed by atoms with Crippen LogP contribution in [0.2, 0.25) is 0 Å². The van der Waals surface area contributed by atoms with Gasteiger partial charge in [-0.3, -0.25) is 4.79 Å². The predicted molar refractivity (Wildman–Crippen MR) is 62.0 cm³/mol. The number of nitrogens with one attached hydrogen (secondary N) is 1. The summed E-state index contributed by atoms with van der Waals surface area (Å²) in [5.41, 5.74) is 7.49. The zero-order chi connectivity index (χ0) is 12.4. The van der Waals surface area contributed by atoms with Gasteiger partial charge in [-0.05, 0) is 25.3 Å². The molecule has 0 saturated carbocycles. The van der Waals surface area contributed by atoms with E-state index in [1.807, 2.05) is 13.8 Å². The molecule has 0 aliphatic carbocycles. The minimum Gasteiger partial charge on any atom is -0.465 e. The van der Waals surface area contributed by atoms with Gasteiger partial charge in [0, 0.05) is 18.0 Å². The summed E-state index contributed by atoms with van der Waals surface area (Å²) < 4.78 is 5.04. The molecule has 0 rings (SSSR count). The highest BCUT2D eigenvalue weighted by molar-refractivity contribution is 5.80. The van der Waals surface area contributed by atoms with Crippen LogP contribution in [0.5, 0.6) is 0 Å². The van der Waals surface area contributed by atoms with Crippen LogP contribution < -0.4 is 5.32 Å². The van der Waals surface area contributed by atoms with E-state index in [-0.39, 0.29) is 5.97 Å².